The number of piperazine rings is 1. The van der Waals surface area contributed by atoms with Crippen LogP contribution in [0.2, 0.25) is 10.0 Å². The van der Waals surface area contributed by atoms with Gasteiger partial charge >= 0.3 is 18.0 Å². The van der Waals surface area contributed by atoms with Gasteiger partial charge in [-0.3, -0.25) is 9.80 Å². The van der Waals surface area contributed by atoms with Crippen LogP contribution in [0.1, 0.15) is 39.3 Å². The molecule has 1 aromatic carbocycles. The summed E-state index contributed by atoms with van der Waals surface area (Å²) in [6.45, 7) is 10.3. The predicted molar refractivity (Wildman–Crippen MR) is 135 cm³/mol. The molecule has 9 nitrogen and oxygen atoms in total. The van der Waals surface area contributed by atoms with Crippen LogP contribution in [-0.2, 0) is 9.53 Å². The molecule has 2 heterocycles. The van der Waals surface area contributed by atoms with Crippen molar-refractivity contribution in [1.82, 2.24) is 25.3 Å². The summed E-state index contributed by atoms with van der Waals surface area (Å²) >= 11 is 12.7. The number of halogens is 2. The Morgan fingerprint density at radius 3 is 2.43 bits per heavy atom. The van der Waals surface area contributed by atoms with Crippen molar-refractivity contribution in [3.8, 4) is 0 Å². The van der Waals surface area contributed by atoms with Crippen LogP contribution in [0, 0.1) is 0 Å². The summed E-state index contributed by atoms with van der Waals surface area (Å²) in [7, 11) is 1.62. The Bertz CT molecular complexity index is 1020. The average Bonchev–Trinajstić information content (AvgIpc) is 2.78. The molecule has 0 radical (unpaired) electrons. The van der Waals surface area contributed by atoms with Crippen LogP contribution in [0.25, 0.3) is 0 Å². The summed E-state index contributed by atoms with van der Waals surface area (Å²) in [6, 6.07) is 3.82. The molecule has 0 aromatic heterocycles. The number of hydrogen-bond donors (Lipinski definition) is 2. The van der Waals surface area contributed by atoms with Gasteiger partial charge in [-0.15, -0.1) is 0 Å². The van der Waals surface area contributed by atoms with Crippen LogP contribution in [0.15, 0.2) is 29.5 Å². The van der Waals surface area contributed by atoms with Crippen molar-refractivity contribution in [2.24, 2.45) is 0 Å². The molecule has 1 fully saturated rings. The average molecular weight is 526 g/mol. The zero-order valence-electron chi connectivity index (χ0n) is 20.8. The Kier molecular flexibility index (Phi) is 8.56. The number of carbonyl (C=O) groups excluding carboxylic acids is 3. The lowest BCUT2D eigenvalue weighted by atomic mass is 9.94. The molecule has 0 saturated carbocycles. The van der Waals surface area contributed by atoms with E-state index in [4.69, 9.17) is 27.9 Å². The Balaban J connectivity index is 1.89. The molecule has 1 saturated heterocycles. The molecule has 35 heavy (non-hydrogen) atoms. The minimum Gasteiger partial charge on any atom is -0.463 e. The Hall–Kier alpha value is -2.49. The molecule has 192 valence electrons. The maximum absolute atomic E-state index is 13.1. The van der Waals surface area contributed by atoms with Crippen LogP contribution >= 0.6 is 23.2 Å². The van der Waals surface area contributed by atoms with Crippen LogP contribution in [-0.4, -0.2) is 84.6 Å². The Labute approximate surface area is 216 Å². The molecule has 4 amide bonds. The molecule has 2 aliphatic heterocycles. The molecule has 2 N–H and O–H groups in total. The van der Waals surface area contributed by atoms with E-state index in [1.165, 1.54) is 4.90 Å². The molecule has 0 bridgehead atoms. The number of carbonyl (C=O) groups is 3. The number of ether oxygens (including phenoxy) is 1. The normalized spacial score (nSPS) is 19.5. The lowest BCUT2D eigenvalue weighted by Gasteiger charge is -2.40. The van der Waals surface area contributed by atoms with E-state index >= 15 is 0 Å². The van der Waals surface area contributed by atoms with Gasteiger partial charge in [-0.25, -0.2) is 14.4 Å². The summed E-state index contributed by atoms with van der Waals surface area (Å²) < 4.78 is 5.37. The summed E-state index contributed by atoms with van der Waals surface area (Å²) in [5.74, 6) is -0.529. The number of rotatable bonds is 5. The standard InChI is InChI=1S/C24H33Cl2N5O4/c1-6-35-21(32)18-17(14-30-10-12-31(13-11-30)23(34)28-24(2,3)4)29(5)22(33)27-20(18)15-8-7-9-16(25)19(15)26/h7-9,20H,6,10-14H2,1-5H3,(H,27,33)(H,28,34). The quantitative estimate of drug-likeness (QED) is 0.572. The van der Waals surface area contributed by atoms with E-state index in [-0.39, 0.29) is 29.2 Å². The molecular formula is C24H33Cl2N5O4. The molecule has 0 aliphatic carbocycles. The first kappa shape index (κ1) is 27.1. The Morgan fingerprint density at radius 1 is 1.17 bits per heavy atom. The summed E-state index contributed by atoms with van der Waals surface area (Å²) in [4.78, 5) is 43.9. The SMILES string of the molecule is CCOC(=O)C1=C(CN2CCN(C(=O)NC(C)(C)C)CC2)N(C)C(=O)NC1c1cccc(Cl)c1Cl. The van der Waals surface area contributed by atoms with Crippen molar-refractivity contribution in [2.75, 3.05) is 46.4 Å². The molecule has 1 atom stereocenters. The van der Waals surface area contributed by atoms with Gasteiger partial charge in [0.1, 0.15) is 0 Å². The van der Waals surface area contributed by atoms with Gasteiger partial charge in [0.15, 0.2) is 0 Å². The first-order chi connectivity index (χ1) is 16.4. The molecule has 3 rings (SSSR count). The lowest BCUT2D eigenvalue weighted by Crippen LogP contribution is -2.56. The topological polar surface area (TPSA) is 94.2 Å². The highest BCUT2D eigenvalue weighted by Gasteiger charge is 2.39. The number of nitrogens with zero attached hydrogens (tertiary/aromatic N) is 3. The van der Waals surface area contributed by atoms with Crippen molar-refractivity contribution in [2.45, 2.75) is 39.3 Å². The minimum atomic E-state index is -0.808. The fraction of sp³-hybridized carbons (Fsp3) is 0.542. The first-order valence-electron chi connectivity index (χ1n) is 11.6. The van der Waals surface area contributed by atoms with E-state index in [1.54, 1.807) is 37.1 Å². The van der Waals surface area contributed by atoms with Crippen LogP contribution in [0.5, 0.6) is 0 Å². The van der Waals surface area contributed by atoms with Crippen molar-refractivity contribution >= 4 is 41.2 Å². The van der Waals surface area contributed by atoms with E-state index in [0.29, 0.717) is 54.6 Å². The first-order valence-corrected chi connectivity index (χ1v) is 12.4. The van der Waals surface area contributed by atoms with Crippen LogP contribution in [0.4, 0.5) is 9.59 Å². The van der Waals surface area contributed by atoms with Crippen molar-refractivity contribution in [3.63, 3.8) is 0 Å². The van der Waals surface area contributed by atoms with E-state index in [0.717, 1.165) is 0 Å². The number of likely N-dealkylation sites (N-methyl/N-ethyl adjacent to an activating group) is 1. The fourth-order valence-electron chi connectivity index (χ4n) is 4.10. The highest BCUT2D eigenvalue weighted by atomic mass is 35.5. The monoisotopic (exact) mass is 525 g/mol. The fourth-order valence-corrected chi connectivity index (χ4v) is 4.51. The summed E-state index contributed by atoms with van der Waals surface area (Å²) in [5.41, 5.74) is 1.04. The third-order valence-electron chi connectivity index (χ3n) is 5.88. The van der Waals surface area contributed by atoms with Gasteiger partial charge in [-0.05, 0) is 39.3 Å². The molecule has 0 spiro atoms. The van der Waals surface area contributed by atoms with Crippen LogP contribution < -0.4 is 10.6 Å². The van der Waals surface area contributed by atoms with E-state index in [9.17, 15) is 14.4 Å². The summed E-state index contributed by atoms with van der Waals surface area (Å²) in [6.07, 6.45) is 0. The van der Waals surface area contributed by atoms with Crippen molar-refractivity contribution in [3.05, 3.63) is 45.1 Å². The van der Waals surface area contributed by atoms with Gasteiger partial charge in [0, 0.05) is 51.0 Å². The minimum absolute atomic E-state index is 0.103. The van der Waals surface area contributed by atoms with Gasteiger partial charge in [0.2, 0.25) is 0 Å². The largest absolute Gasteiger partial charge is 0.463 e. The van der Waals surface area contributed by atoms with E-state index in [1.807, 2.05) is 20.8 Å². The van der Waals surface area contributed by atoms with E-state index < -0.39 is 12.0 Å². The number of hydrogen-bond acceptors (Lipinski definition) is 5. The van der Waals surface area contributed by atoms with Gasteiger partial charge in [0.25, 0.3) is 0 Å². The van der Waals surface area contributed by atoms with Gasteiger partial charge < -0.3 is 20.3 Å². The lowest BCUT2D eigenvalue weighted by molar-refractivity contribution is -0.139. The second kappa shape index (κ2) is 11.1. The number of urea groups is 2. The maximum Gasteiger partial charge on any atom is 0.338 e. The highest BCUT2D eigenvalue weighted by molar-refractivity contribution is 6.42. The predicted octanol–water partition coefficient (Wildman–Crippen LogP) is 3.63. The van der Waals surface area contributed by atoms with Crippen LogP contribution in [0.3, 0.4) is 0 Å². The second-order valence-electron chi connectivity index (χ2n) is 9.61. The Morgan fingerprint density at radius 2 is 1.83 bits per heavy atom. The van der Waals surface area contributed by atoms with E-state index in [2.05, 4.69) is 15.5 Å². The molecule has 2 aliphatic rings. The third kappa shape index (κ3) is 6.39. The number of nitrogens with one attached hydrogen (secondary N) is 2. The van der Waals surface area contributed by atoms with Crippen molar-refractivity contribution < 1.29 is 19.1 Å². The molecular weight excluding hydrogens is 493 g/mol. The van der Waals surface area contributed by atoms with Gasteiger partial charge in [-0.2, -0.15) is 0 Å². The zero-order valence-corrected chi connectivity index (χ0v) is 22.3. The number of benzene rings is 1. The van der Waals surface area contributed by atoms with Gasteiger partial charge in [0.05, 0.1) is 28.3 Å². The zero-order chi connectivity index (χ0) is 25.9. The third-order valence-corrected chi connectivity index (χ3v) is 6.71. The second-order valence-corrected chi connectivity index (χ2v) is 10.4. The van der Waals surface area contributed by atoms with Crippen molar-refractivity contribution in [1.29, 1.82) is 0 Å². The van der Waals surface area contributed by atoms with Gasteiger partial charge in [-0.1, -0.05) is 35.3 Å². The smallest absolute Gasteiger partial charge is 0.338 e. The molecule has 1 unspecified atom stereocenters. The number of amides is 4. The highest BCUT2D eigenvalue weighted by Crippen LogP contribution is 2.37. The molecule has 11 heteroatoms. The maximum atomic E-state index is 13.1. The summed E-state index contributed by atoms with van der Waals surface area (Å²) in [5, 5.41) is 6.43. The molecule has 1 aromatic rings. The number of esters is 1.